The summed E-state index contributed by atoms with van der Waals surface area (Å²) in [6.45, 7) is 0. The van der Waals surface area contributed by atoms with Gasteiger partial charge in [0.15, 0.2) is 0 Å². The standard InChI is InChI=1S/C16H9Cl3FN3O3S/c17-12-7-9(20)1-6-14(12)22-27(25,26)11-4-2-10(3-5-11)23-16(24)15(19)13(18)8-21-23/h1-8,22H. The molecule has 0 aliphatic rings. The maximum atomic E-state index is 13.1. The molecule has 0 unspecified atom stereocenters. The third-order valence-electron chi connectivity index (χ3n) is 3.44. The maximum absolute atomic E-state index is 13.1. The Morgan fingerprint density at radius 3 is 2.30 bits per heavy atom. The van der Waals surface area contributed by atoms with Crippen LogP contribution >= 0.6 is 34.8 Å². The fourth-order valence-corrected chi connectivity index (χ4v) is 3.74. The van der Waals surface area contributed by atoms with Crippen LogP contribution in [0.15, 0.2) is 58.4 Å². The van der Waals surface area contributed by atoms with Crippen molar-refractivity contribution in [3.8, 4) is 5.69 Å². The Morgan fingerprint density at radius 2 is 1.67 bits per heavy atom. The summed E-state index contributed by atoms with van der Waals surface area (Å²) in [4.78, 5) is 12.0. The van der Waals surface area contributed by atoms with Gasteiger partial charge in [-0.05, 0) is 42.5 Å². The van der Waals surface area contributed by atoms with Crippen molar-refractivity contribution in [3.05, 3.63) is 79.9 Å². The van der Waals surface area contributed by atoms with E-state index in [1.165, 1.54) is 36.5 Å². The van der Waals surface area contributed by atoms with Crippen LogP contribution in [0.1, 0.15) is 0 Å². The number of aromatic nitrogens is 2. The zero-order chi connectivity index (χ0) is 19.8. The van der Waals surface area contributed by atoms with E-state index < -0.39 is 21.4 Å². The van der Waals surface area contributed by atoms with Crippen LogP contribution in [0.3, 0.4) is 0 Å². The summed E-state index contributed by atoms with van der Waals surface area (Å²) < 4.78 is 41.3. The van der Waals surface area contributed by atoms with E-state index in [1.54, 1.807) is 0 Å². The van der Waals surface area contributed by atoms with Gasteiger partial charge in [-0.3, -0.25) is 9.52 Å². The lowest BCUT2D eigenvalue weighted by Crippen LogP contribution is -2.21. The molecule has 3 aromatic rings. The second-order valence-electron chi connectivity index (χ2n) is 5.25. The topological polar surface area (TPSA) is 81.1 Å². The number of hydrogen-bond acceptors (Lipinski definition) is 4. The van der Waals surface area contributed by atoms with E-state index in [0.29, 0.717) is 0 Å². The maximum Gasteiger partial charge on any atom is 0.291 e. The second-order valence-corrected chi connectivity index (χ2v) is 8.12. The minimum absolute atomic E-state index is 0.0116. The molecule has 140 valence electrons. The Morgan fingerprint density at radius 1 is 1.00 bits per heavy atom. The monoisotopic (exact) mass is 447 g/mol. The van der Waals surface area contributed by atoms with E-state index in [-0.39, 0.29) is 31.3 Å². The van der Waals surface area contributed by atoms with Gasteiger partial charge in [0, 0.05) is 0 Å². The van der Waals surface area contributed by atoms with Gasteiger partial charge >= 0.3 is 0 Å². The normalized spacial score (nSPS) is 11.4. The SMILES string of the molecule is O=c1c(Cl)c(Cl)cnn1-c1ccc(S(=O)(=O)Nc2ccc(F)cc2Cl)cc1. The number of nitrogens with one attached hydrogen (secondary N) is 1. The number of halogens is 4. The first-order valence-electron chi connectivity index (χ1n) is 7.21. The van der Waals surface area contributed by atoms with Crippen LogP contribution in [-0.2, 0) is 10.0 Å². The number of nitrogens with zero attached hydrogens (tertiary/aromatic N) is 2. The first-order chi connectivity index (χ1) is 12.7. The molecule has 1 heterocycles. The van der Waals surface area contributed by atoms with Gasteiger partial charge < -0.3 is 0 Å². The van der Waals surface area contributed by atoms with Crippen LogP contribution < -0.4 is 10.3 Å². The fourth-order valence-electron chi connectivity index (χ4n) is 2.14. The van der Waals surface area contributed by atoms with E-state index in [0.717, 1.165) is 16.8 Å². The van der Waals surface area contributed by atoms with Gasteiger partial charge in [-0.25, -0.2) is 12.8 Å². The highest BCUT2D eigenvalue weighted by molar-refractivity contribution is 7.92. The quantitative estimate of drug-likeness (QED) is 0.651. The average Bonchev–Trinajstić information content (AvgIpc) is 2.62. The van der Waals surface area contributed by atoms with Gasteiger partial charge in [0.05, 0.1) is 32.5 Å². The van der Waals surface area contributed by atoms with Crippen LogP contribution in [0, 0.1) is 5.82 Å². The van der Waals surface area contributed by atoms with Crippen molar-refractivity contribution in [2.45, 2.75) is 4.90 Å². The van der Waals surface area contributed by atoms with Gasteiger partial charge in [0.2, 0.25) is 0 Å². The lowest BCUT2D eigenvalue weighted by atomic mass is 10.3. The van der Waals surface area contributed by atoms with E-state index in [9.17, 15) is 17.6 Å². The van der Waals surface area contributed by atoms with E-state index in [4.69, 9.17) is 34.8 Å². The molecule has 1 aromatic heterocycles. The molecule has 0 bridgehead atoms. The van der Waals surface area contributed by atoms with Crippen LogP contribution in [-0.4, -0.2) is 18.2 Å². The Balaban J connectivity index is 1.93. The number of rotatable bonds is 4. The molecule has 0 radical (unpaired) electrons. The van der Waals surface area contributed by atoms with Crippen molar-refractivity contribution in [1.29, 1.82) is 0 Å². The third kappa shape index (κ3) is 4.08. The molecule has 1 N–H and O–H groups in total. The summed E-state index contributed by atoms with van der Waals surface area (Å²) in [5, 5.41) is 3.59. The summed E-state index contributed by atoms with van der Waals surface area (Å²) in [7, 11) is -3.98. The van der Waals surface area contributed by atoms with Gasteiger partial charge in [-0.2, -0.15) is 9.78 Å². The molecule has 0 aliphatic heterocycles. The van der Waals surface area contributed by atoms with E-state index in [1.807, 2.05) is 0 Å². The minimum atomic E-state index is -3.98. The van der Waals surface area contributed by atoms with Gasteiger partial charge in [-0.15, -0.1) is 0 Å². The molecule has 6 nitrogen and oxygen atoms in total. The molecule has 0 saturated carbocycles. The zero-order valence-corrected chi connectivity index (χ0v) is 16.2. The van der Waals surface area contributed by atoms with Gasteiger partial charge in [0.1, 0.15) is 10.8 Å². The predicted molar refractivity (Wildman–Crippen MR) is 102 cm³/mol. The highest BCUT2D eigenvalue weighted by Gasteiger charge is 2.17. The largest absolute Gasteiger partial charge is 0.291 e. The van der Waals surface area contributed by atoms with Gasteiger partial charge in [0.25, 0.3) is 15.6 Å². The molecule has 27 heavy (non-hydrogen) atoms. The molecule has 3 rings (SSSR count). The highest BCUT2D eigenvalue weighted by Crippen LogP contribution is 2.25. The first kappa shape index (κ1) is 19.6. The molecule has 0 fully saturated rings. The summed E-state index contributed by atoms with van der Waals surface area (Å²) in [6.07, 6.45) is 1.20. The third-order valence-corrected chi connectivity index (χ3v) is 5.89. The predicted octanol–water partition coefficient (Wildman–Crippen LogP) is 4.13. The van der Waals surface area contributed by atoms with Crippen molar-refractivity contribution < 1.29 is 12.8 Å². The molecular weight excluding hydrogens is 440 g/mol. The lowest BCUT2D eigenvalue weighted by molar-refractivity contribution is 0.601. The van der Waals surface area contributed by atoms with Crippen LogP contribution in [0.4, 0.5) is 10.1 Å². The van der Waals surface area contributed by atoms with Gasteiger partial charge in [-0.1, -0.05) is 34.8 Å². The summed E-state index contributed by atoms with van der Waals surface area (Å²) >= 11 is 17.4. The molecule has 0 saturated heterocycles. The summed E-state index contributed by atoms with van der Waals surface area (Å²) in [5.74, 6) is -0.591. The van der Waals surface area contributed by atoms with Crippen molar-refractivity contribution in [3.63, 3.8) is 0 Å². The zero-order valence-electron chi connectivity index (χ0n) is 13.2. The summed E-state index contributed by atoms with van der Waals surface area (Å²) in [6, 6.07) is 8.57. The highest BCUT2D eigenvalue weighted by atomic mass is 35.5. The Labute approximate surface area is 168 Å². The number of sulfonamides is 1. The molecular formula is C16H9Cl3FN3O3S. The van der Waals surface area contributed by atoms with E-state index in [2.05, 4.69) is 9.82 Å². The number of hydrogen-bond donors (Lipinski definition) is 1. The van der Waals surface area contributed by atoms with Crippen molar-refractivity contribution in [1.82, 2.24) is 9.78 Å². The number of benzene rings is 2. The van der Waals surface area contributed by atoms with Crippen LogP contribution in [0.5, 0.6) is 0 Å². The second kappa shape index (κ2) is 7.47. The molecule has 2 aromatic carbocycles. The summed E-state index contributed by atoms with van der Waals surface area (Å²) in [5.41, 5.74) is -0.321. The first-order valence-corrected chi connectivity index (χ1v) is 9.82. The minimum Gasteiger partial charge on any atom is -0.278 e. The molecule has 0 atom stereocenters. The van der Waals surface area contributed by atoms with Crippen molar-refractivity contribution in [2.75, 3.05) is 4.72 Å². The Hall–Kier alpha value is -2.13. The number of anilines is 1. The fraction of sp³-hybridized carbons (Fsp3) is 0. The van der Waals surface area contributed by atoms with Crippen LogP contribution in [0.25, 0.3) is 5.69 Å². The lowest BCUT2D eigenvalue weighted by Gasteiger charge is -2.11. The van der Waals surface area contributed by atoms with Crippen LogP contribution in [0.2, 0.25) is 15.1 Å². The Bertz CT molecular complexity index is 1180. The average molecular weight is 449 g/mol. The molecule has 0 amide bonds. The molecule has 0 aliphatic carbocycles. The molecule has 0 spiro atoms. The Kier molecular flexibility index (Phi) is 5.43. The smallest absolute Gasteiger partial charge is 0.278 e. The van der Waals surface area contributed by atoms with Crippen molar-refractivity contribution in [2.24, 2.45) is 0 Å². The van der Waals surface area contributed by atoms with E-state index >= 15 is 0 Å². The van der Waals surface area contributed by atoms with Crippen molar-refractivity contribution >= 4 is 50.5 Å². The molecule has 11 heteroatoms.